The van der Waals surface area contributed by atoms with E-state index in [2.05, 4.69) is 52.6 Å². The minimum atomic E-state index is 0.199. The van der Waals surface area contributed by atoms with Gasteiger partial charge in [-0.3, -0.25) is 9.79 Å². The molecule has 7 heteroatoms. The monoisotopic (exact) mass is 448 g/mol. The molecule has 2 aromatic rings. The summed E-state index contributed by atoms with van der Waals surface area (Å²) in [6.45, 7) is 8.37. The van der Waals surface area contributed by atoms with Crippen molar-refractivity contribution in [1.82, 2.24) is 15.6 Å². The molecule has 33 heavy (non-hydrogen) atoms. The van der Waals surface area contributed by atoms with Gasteiger partial charge in [-0.15, -0.1) is 0 Å². The normalized spacial score (nSPS) is 16.6. The summed E-state index contributed by atoms with van der Waals surface area (Å²) in [5.41, 5.74) is 3.54. The Hall–Kier alpha value is -3.09. The summed E-state index contributed by atoms with van der Waals surface area (Å²) < 4.78 is 0. The second-order valence-corrected chi connectivity index (χ2v) is 8.89. The van der Waals surface area contributed by atoms with Crippen molar-refractivity contribution in [2.24, 2.45) is 4.99 Å². The lowest BCUT2D eigenvalue weighted by atomic mass is 10.1. The Kier molecular flexibility index (Phi) is 7.81. The Morgan fingerprint density at radius 1 is 1.15 bits per heavy atom. The molecule has 7 nitrogen and oxygen atoms in total. The first-order valence-electron chi connectivity index (χ1n) is 12.2. The van der Waals surface area contributed by atoms with Crippen molar-refractivity contribution in [3.8, 4) is 0 Å². The summed E-state index contributed by atoms with van der Waals surface area (Å²) in [7, 11) is 0. The Morgan fingerprint density at radius 2 is 1.97 bits per heavy atom. The topological polar surface area (TPSA) is 72.9 Å². The highest BCUT2D eigenvalue weighted by molar-refractivity contribution is 5.95. The number of amides is 1. The van der Waals surface area contributed by atoms with Crippen LogP contribution in [0.25, 0.3) is 0 Å². The number of benzene rings is 1. The van der Waals surface area contributed by atoms with E-state index >= 15 is 0 Å². The van der Waals surface area contributed by atoms with Crippen molar-refractivity contribution in [2.75, 3.05) is 42.5 Å². The summed E-state index contributed by atoms with van der Waals surface area (Å²) in [6, 6.07) is 12.8. The number of para-hydroxylation sites is 1. The third-order valence-electron chi connectivity index (χ3n) is 6.41. The zero-order valence-corrected chi connectivity index (χ0v) is 19.9. The number of nitrogens with one attached hydrogen (secondary N) is 2. The fourth-order valence-electron chi connectivity index (χ4n) is 4.57. The maximum atomic E-state index is 12.7. The SMILES string of the molecule is CCNC(=NCCCC(=O)N1CCc2ccccc21)NC1CCN(c2ccc(C)cn2)CC1. The van der Waals surface area contributed by atoms with Crippen LogP contribution in [-0.4, -0.2) is 55.6 Å². The van der Waals surface area contributed by atoms with Gasteiger partial charge >= 0.3 is 0 Å². The Bertz CT molecular complexity index is 950. The molecule has 0 radical (unpaired) electrons. The lowest BCUT2D eigenvalue weighted by Gasteiger charge is -2.33. The molecule has 0 atom stereocenters. The number of guanidine groups is 1. The van der Waals surface area contributed by atoms with E-state index in [1.54, 1.807) is 0 Å². The second-order valence-electron chi connectivity index (χ2n) is 8.89. The van der Waals surface area contributed by atoms with Crippen LogP contribution >= 0.6 is 0 Å². The van der Waals surface area contributed by atoms with E-state index in [1.165, 1.54) is 11.1 Å². The van der Waals surface area contributed by atoms with Crippen LogP contribution in [0.15, 0.2) is 47.6 Å². The first-order valence-corrected chi connectivity index (χ1v) is 12.2. The molecule has 2 aliphatic heterocycles. The number of aryl methyl sites for hydroxylation is 1. The fraction of sp³-hybridized carbons (Fsp3) is 0.500. The van der Waals surface area contributed by atoms with Gasteiger partial charge in [0, 0.05) is 57.1 Å². The Balaban J connectivity index is 1.22. The number of carbonyl (C=O) groups excluding carboxylic acids is 1. The van der Waals surface area contributed by atoms with Gasteiger partial charge in [0.05, 0.1) is 0 Å². The highest BCUT2D eigenvalue weighted by atomic mass is 16.2. The van der Waals surface area contributed by atoms with Gasteiger partial charge in [-0.1, -0.05) is 24.3 Å². The number of nitrogens with zero attached hydrogens (tertiary/aromatic N) is 4. The predicted octanol–water partition coefficient (Wildman–Crippen LogP) is 3.28. The zero-order chi connectivity index (χ0) is 23.0. The van der Waals surface area contributed by atoms with Gasteiger partial charge in [-0.05, 0) is 62.8 Å². The van der Waals surface area contributed by atoms with E-state index in [0.717, 1.165) is 69.3 Å². The van der Waals surface area contributed by atoms with Crippen molar-refractivity contribution < 1.29 is 4.79 Å². The molecule has 4 rings (SSSR count). The predicted molar refractivity (Wildman–Crippen MR) is 135 cm³/mol. The van der Waals surface area contributed by atoms with Crippen LogP contribution in [0.5, 0.6) is 0 Å². The van der Waals surface area contributed by atoms with Gasteiger partial charge in [0.2, 0.25) is 5.91 Å². The average Bonchev–Trinajstić information content (AvgIpc) is 3.27. The number of hydrogen-bond donors (Lipinski definition) is 2. The van der Waals surface area contributed by atoms with E-state index in [-0.39, 0.29) is 5.91 Å². The molecule has 0 bridgehead atoms. The number of piperidine rings is 1. The minimum absolute atomic E-state index is 0.199. The molecule has 1 amide bonds. The molecule has 1 aromatic heterocycles. The molecular formula is C26H36N6O. The van der Waals surface area contributed by atoms with Crippen LogP contribution in [0, 0.1) is 6.92 Å². The molecule has 2 N–H and O–H groups in total. The van der Waals surface area contributed by atoms with E-state index in [4.69, 9.17) is 4.99 Å². The largest absolute Gasteiger partial charge is 0.357 e. The van der Waals surface area contributed by atoms with Crippen molar-refractivity contribution in [3.05, 3.63) is 53.7 Å². The lowest BCUT2D eigenvalue weighted by Crippen LogP contribution is -2.49. The van der Waals surface area contributed by atoms with Crippen molar-refractivity contribution in [1.29, 1.82) is 0 Å². The number of aromatic nitrogens is 1. The van der Waals surface area contributed by atoms with E-state index in [9.17, 15) is 4.79 Å². The van der Waals surface area contributed by atoms with Crippen molar-refractivity contribution in [3.63, 3.8) is 0 Å². The summed E-state index contributed by atoms with van der Waals surface area (Å²) in [5, 5.41) is 6.94. The van der Waals surface area contributed by atoms with Gasteiger partial charge < -0.3 is 20.4 Å². The van der Waals surface area contributed by atoms with Crippen LogP contribution in [0.1, 0.15) is 43.7 Å². The molecule has 1 aromatic carbocycles. The highest BCUT2D eigenvalue weighted by Crippen LogP contribution is 2.28. The zero-order valence-electron chi connectivity index (χ0n) is 19.9. The summed E-state index contributed by atoms with van der Waals surface area (Å²) >= 11 is 0. The number of pyridine rings is 1. The standard InChI is InChI=1S/C26H36N6O/c1-3-27-26(30-22-13-16-31(17-14-22)24-11-10-20(2)19-29-24)28-15-6-9-25(33)32-18-12-21-7-4-5-8-23(21)32/h4-5,7-8,10-11,19,22H,3,6,9,12-18H2,1-2H3,(H2,27,28,30). The summed E-state index contributed by atoms with van der Waals surface area (Å²) in [5.74, 6) is 2.11. The third kappa shape index (κ3) is 6.03. The number of anilines is 2. The average molecular weight is 449 g/mol. The number of carbonyl (C=O) groups is 1. The molecule has 0 unspecified atom stereocenters. The molecule has 2 aliphatic rings. The van der Waals surface area contributed by atoms with Crippen molar-refractivity contribution in [2.45, 2.75) is 52.0 Å². The smallest absolute Gasteiger partial charge is 0.227 e. The Labute approximate surface area is 197 Å². The molecule has 1 saturated heterocycles. The van der Waals surface area contributed by atoms with Crippen molar-refractivity contribution >= 4 is 23.4 Å². The molecule has 0 spiro atoms. The third-order valence-corrected chi connectivity index (χ3v) is 6.41. The van der Waals surface area contributed by atoms with E-state index < -0.39 is 0 Å². The second kappa shape index (κ2) is 11.2. The first-order chi connectivity index (χ1) is 16.1. The van der Waals surface area contributed by atoms with Gasteiger partial charge in [-0.25, -0.2) is 4.98 Å². The van der Waals surface area contributed by atoms with Gasteiger partial charge in [-0.2, -0.15) is 0 Å². The highest BCUT2D eigenvalue weighted by Gasteiger charge is 2.24. The fourth-order valence-corrected chi connectivity index (χ4v) is 4.57. The lowest BCUT2D eigenvalue weighted by molar-refractivity contribution is -0.118. The number of fused-ring (bicyclic) bond motifs is 1. The number of aliphatic imine (C=N–C) groups is 1. The van der Waals surface area contributed by atoms with Crippen LogP contribution < -0.4 is 20.4 Å². The quantitative estimate of drug-likeness (QED) is 0.386. The minimum Gasteiger partial charge on any atom is -0.357 e. The summed E-state index contributed by atoms with van der Waals surface area (Å²) in [4.78, 5) is 26.3. The molecular weight excluding hydrogens is 412 g/mol. The summed E-state index contributed by atoms with van der Waals surface area (Å²) in [6.07, 6.45) is 6.26. The Morgan fingerprint density at radius 3 is 2.73 bits per heavy atom. The first kappa shape index (κ1) is 23.1. The van der Waals surface area contributed by atoms with Gasteiger partial charge in [0.1, 0.15) is 5.82 Å². The number of rotatable bonds is 7. The number of hydrogen-bond acceptors (Lipinski definition) is 4. The molecule has 0 aliphatic carbocycles. The molecule has 0 saturated carbocycles. The van der Waals surface area contributed by atoms with Crippen LogP contribution in [0.2, 0.25) is 0 Å². The van der Waals surface area contributed by atoms with Gasteiger partial charge in [0.25, 0.3) is 0 Å². The van der Waals surface area contributed by atoms with Crippen LogP contribution in [-0.2, 0) is 11.2 Å². The molecule has 3 heterocycles. The maximum Gasteiger partial charge on any atom is 0.227 e. The molecule has 1 fully saturated rings. The molecule has 176 valence electrons. The maximum absolute atomic E-state index is 12.7. The van der Waals surface area contributed by atoms with Crippen LogP contribution in [0.4, 0.5) is 11.5 Å². The van der Waals surface area contributed by atoms with E-state index in [1.807, 2.05) is 29.3 Å². The van der Waals surface area contributed by atoms with Crippen LogP contribution in [0.3, 0.4) is 0 Å². The van der Waals surface area contributed by atoms with E-state index in [0.29, 0.717) is 19.0 Å². The van der Waals surface area contributed by atoms with Gasteiger partial charge in [0.15, 0.2) is 5.96 Å².